The molecule has 0 bridgehead atoms. The lowest BCUT2D eigenvalue weighted by atomic mass is 10.00. The van der Waals surface area contributed by atoms with E-state index in [1.54, 1.807) is 11.8 Å². The third-order valence-electron chi connectivity index (χ3n) is 5.27. The summed E-state index contributed by atoms with van der Waals surface area (Å²) in [6.45, 7) is 0. The summed E-state index contributed by atoms with van der Waals surface area (Å²) in [4.78, 5) is 0. The third-order valence-corrected chi connectivity index (χ3v) is 5.94. The Bertz CT molecular complexity index is 1280. The SMILES string of the molecule is CSc1nn(-c2ccccc2)c(-c2ccccc2)c1-c1ccc2c(ccn2C)c1. The van der Waals surface area contributed by atoms with Gasteiger partial charge in [0.15, 0.2) is 0 Å². The fourth-order valence-corrected chi connectivity index (χ4v) is 4.44. The highest BCUT2D eigenvalue weighted by Crippen LogP contribution is 2.41. The van der Waals surface area contributed by atoms with Crippen LogP contribution >= 0.6 is 11.8 Å². The summed E-state index contributed by atoms with van der Waals surface area (Å²) in [5, 5.41) is 7.28. The molecule has 0 aliphatic heterocycles. The molecule has 0 amide bonds. The Kier molecular flexibility index (Phi) is 4.49. The largest absolute Gasteiger partial charge is 0.351 e. The van der Waals surface area contributed by atoms with E-state index in [0.717, 1.165) is 22.0 Å². The number of aryl methyl sites for hydroxylation is 1. The maximum Gasteiger partial charge on any atom is 0.127 e. The van der Waals surface area contributed by atoms with Crippen molar-refractivity contribution in [3.63, 3.8) is 0 Å². The van der Waals surface area contributed by atoms with Crippen LogP contribution in [0.3, 0.4) is 0 Å². The van der Waals surface area contributed by atoms with Crippen molar-refractivity contribution in [2.75, 3.05) is 6.26 Å². The molecule has 29 heavy (non-hydrogen) atoms. The van der Waals surface area contributed by atoms with E-state index in [1.165, 1.54) is 22.0 Å². The minimum absolute atomic E-state index is 1.03. The minimum atomic E-state index is 1.03. The topological polar surface area (TPSA) is 22.8 Å². The maximum atomic E-state index is 5.01. The molecule has 0 spiro atoms. The van der Waals surface area contributed by atoms with Gasteiger partial charge in [0.05, 0.1) is 11.4 Å². The molecule has 2 aromatic heterocycles. The third kappa shape index (κ3) is 3.06. The average molecular weight is 396 g/mol. The second kappa shape index (κ2) is 7.30. The molecule has 0 saturated heterocycles. The van der Waals surface area contributed by atoms with Crippen LogP contribution < -0.4 is 0 Å². The van der Waals surface area contributed by atoms with Crippen molar-refractivity contribution in [3.05, 3.63) is 91.1 Å². The summed E-state index contributed by atoms with van der Waals surface area (Å²) in [6.07, 6.45) is 4.20. The number of nitrogens with zero attached hydrogens (tertiary/aromatic N) is 3. The zero-order valence-corrected chi connectivity index (χ0v) is 17.2. The van der Waals surface area contributed by atoms with Crippen LogP contribution in [0.25, 0.3) is 39.0 Å². The molecule has 3 nitrogen and oxygen atoms in total. The van der Waals surface area contributed by atoms with Crippen LogP contribution in [0.4, 0.5) is 0 Å². The lowest BCUT2D eigenvalue weighted by molar-refractivity contribution is 0.844. The molecular formula is C25H21N3S. The molecule has 0 saturated carbocycles. The first kappa shape index (κ1) is 17.8. The van der Waals surface area contributed by atoms with Gasteiger partial charge in [-0.25, -0.2) is 4.68 Å². The smallest absolute Gasteiger partial charge is 0.127 e. The summed E-state index contributed by atoms with van der Waals surface area (Å²) < 4.78 is 4.23. The second-order valence-corrected chi connectivity index (χ2v) is 7.84. The van der Waals surface area contributed by atoms with E-state index in [0.29, 0.717) is 0 Å². The molecule has 0 atom stereocenters. The van der Waals surface area contributed by atoms with Crippen LogP contribution in [-0.2, 0) is 7.05 Å². The van der Waals surface area contributed by atoms with Crippen molar-refractivity contribution >= 4 is 22.7 Å². The van der Waals surface area contributed by atoms with Gasteiger partial charge in [0.2, 0.25) is 0 Å². The van der Waals surface area contributed by atoms with Crippen LogP contribution in [0.2, 0.25) is 0 Å². The highest BCUT2D eigenvalue weighted by Gasteiger charge is 2.21. The minimum Gasteiger partial charge on any atom is -0.351 e. The van der Waals surface area contributed by atoms with Crippen LogP contribution in [0, 0.1) is 0 Å². The number of benzene rings is 3. The molecule has 2 heterocycles. The van der Waals surface area contributed by atoms with Crippen molar-refractivity contribution in [1.82, 2.24) is 14.3 Å². The van der Waals surface area contributed by atoms with Crippen molar-refractivity contribution < 1.29 is 0 Å². The molecule has 0 aliphatic carbocycles. The van der Waals surface area contributed by atoms with Crippen LogP contribution in [0.1, 0.15) is 0 Å². The highest BCUT2D eigenvalue weighted by atomic mass is 32.2. The van der Waals surface area contributed by atoms with Gasteiger partial charge >= 0.3 is 0 Å². The first-order valence-electron chi connectivity index (χ1n) is 9.59. The second-order valence-electron chi connectivity index (χ2n) is 7.05. The van der Waals surface area contributed by atoms with Crippen LogP contribution in [-0.4, -0.2) is 20.6 Å². The summed E-state index contributed by atoms with van der Waals surface area (Å²) in [5.41, 5.74) is 6.95. The van der Waals surface area contributed by atoms with E-state index in [4.69, 9.17) is 5.10 Å². The maximum absolute atomic E-state index is 5.01. The number of hydrogen-bond acceptors (Lipinski definition) is 2. The predicted octanol–water partition coefficient (Wildman–Crippen LogP) is 6.42. The van der Waals surface area contributed by atoms with Crippen LogP contribution in [0.5, 0.6) is 0 Å². The van der Waals surface area contributed by atoms with E-state index in [1.807, 2.05) is 6.07 Å². The van der Waals surface area contributed by atoms with Crippen molar-refractivity contribution in [2.45, 2.75) is 5.03 Å². The summed E-state index contributed by atoms with van der Waals surface area (Å²) in [5.74, 6) is 0. The summed E-state index contributed by atoms with van der Waals surface area (Å²) in [6, 6.07) is 29.7. The lowest BCUT2D eigenvalue weighted by Gasteiger charge is -2.11. The normalized spacial score (nSPS) is 11.2. The molecule has 5 rings (SSSR count). The van der Waals surface area contributed by atoms with Crippen molar-refractivity contribution in [2.24, 2.45) is 7.05 Å². The van der Waals surface area contributed by atoms with Gasteiger partial charge in [-0.2, -0.15) is 5.10 Å². The van der Waals surface area contributed by atoms with Gasteiger partial charge in [-0.05, 0) is 42.2 Å². The van der Waals surface area contributed by atoms with E-state index in [9.17, 15) is 0 Å². The molecule has 3 aromatic carbocycles. The molecule has 0 aliphatic rings. The predicted molar refractivity (Wildman–Crippen MR) is 123 cm³/mol. The molecule has 142 valence electrons. The van der Waals surface area contributed by atoms with Gasteiger partial charge in [0.25, 0.3) is 0 Å². The van der Waals surface area contributed by atoms with E-state index >= 15 is 0 Å². The molecule has 5 aromatic rings. The number of aromatic nitrogens is 3. The first-order valence-corrected chi connectivity index (χ1v) is 10.8. The van der Waals surface area contributed by atoms with Crippen molar-refractivity contribution in [3.8, 4) is 28.1 Å². The lowest BCUT2D eigenvalue weighted by Crippen LogP contribution is -1.99. The van der Waals surface area contributed by atoms with Crippen molar-refractivity contribution in [1.29, 1.82) is 0 Å². The van der Waals surface area contributed by atoms with Gasteiger partial charge in [0, 0.05) is 35.3 Å². The Morgan fingerprint density at radius 1 is 0.793 bits per heavy atom. The zero-order chi connectivity index (χ0) is 19.8. The molecule has 0 fully saturated rings. The number of rotatable bonds is 4. The molecular weight excluding hydrogens is 374 g/mol. The molecule has 0 N–H and O–H groups in total. The van der Waals surface area contributed by atoms with Gasteiger partial charge < -0.3 is 4.57 Å². The number of hydrogen-bond donors (Lipinski definition) is 0. The Morgan fingerprint density at radius 3 is 2.24 bits per heavy atom. The molecule has 0 unspecified atom stereocenters. The molecule has 0 radical (unpaired) electrons. The van der Waals surface area contributed by atoms with E-state index < -0.39 is 0 Å². The average Bonchev–Trinajstić information content (AvgIpc) is 3.35. The fourth-order valence-electron chi connectivity index (χ4n) is 3.86. The Balaban J connectivity index is 1.82. The van der Waals surface area contributed by atoms with Gasteiger partial charge in [0.1, 0.15) is 5.03 Å². The standard InChI is InChI=1S/C25H21N3S/c1-27-16-15-19-17-20(13-14-22(19)27)23-24(18-9-5-3-6-10-18)28(26-25(23)29-2)21-11-7-4-8-12-21/h3-17H,1-2H3. The van der Waals surface area contributed by atoms with Crippen LogP contribution in [0.15, 0.2) is 96.2 Å². The number of fused-ring (bicyclic) bond motifs is 1. The Labute approximate surface area is 174 Å². The van der Waals surface area contributed by atoms with E-state index in [2.05, 4.69) is 108 Å². The van der Waals surface area contributed by atoms with Gasteiger partial charge in [-0.1, -0.05) is 54.6 Å². The number of para-hydroxylation sites is 1. The first-order chi connectivity index (χ1) is 14.3. The zero-order valence-electron chi connectivity index (χ0n) is 16.4. The molecule has 4 heteroatoms. The summed E-state index contributed by atoms with van der Waals surface area (Å²) >= 11 is 1.69. The van der Waals surface area contributed by atoms with E-state index in [-0.39, 0.29) is 0 Å². The number of thioether (sulfide) groups is 1. The van der Waals surface area contributed by atoms with Gasteiger partial charge in [-0.3, -0.25) is 0 Å². The Hall–Kier alpha value is -3.24. The monoisotopic (exact) mass is 395 g/mol. The Morgan fingerprint density at radius 2 is 1.52 bits per heavy atom. The highest BCUT2D eigenvalue weighted by molar-refractivity contribution is 7.98. The quantitative estimate of drug-likeness (QED) is 0.328. The fraction of sp³-hybridized carbons (Fsp3) is 0.0800. The summed E-state index contributed by atoms with van der Waals surface area (Å²) in [7, 11) is 2.08. The van der Waals surface area contributed by atoms with Gasteiger partial charge in [-0.15, -0.1) is 11.8 Å².